The van der Waals surface area contributed by atoms with Crippen LogP contribution in [0, 0.1) is 6.92 Å². The van der Waals surface area contributed by atoms with Crippen LogP contribution in [0.4, 0.5) is 5.13 Å². The van der Waals surface area contributed by atoms with Crippen molar-refractivity contribution in [1.82, 2.24) is 10.2 Å². The third-order valence-electron chi connectivity index (χ3n) is 3.06. The minimum atomic E-state index is -0.704. The minimum Gasteiger partial charge on any atom is -0.293 e. The van der Waals surface area contributed by atoms with Crippen molar-refractivity contribution < 1.29 is 9.59 Å². The van der Waals surface area contributed by atoms with Gasteiger partial charge in [-0.1, -0.05) is 59.0 Å². The molecule has 0 aliphatic rings. The lowest BCUT2D eigenvalue weighted by Gasteiger charge is -2.01. The molecule has 2 aromatic heterocycles. The van der Waals surface area contributed by atoms with E-state index in [0.29, 0.717) is 10.7 Å². The molecule has 122 valence electrons. The molecule has 0 atom stereocenters. The largest absolute Gasteiger partial charge is 0.298 e. The fourth-order valence-corrected chi connectivity index (χ4v) is 4.36. The molecule has 2 heterocycles. The molecule has 0 aliphatic carbocycles. The van der Waals surface area contributed by atoms with E-state index in [1.165, 1.54) is 16.2 Å². The van der Waals surface area contributed by atoms with Gasteiger partial charge < -0.3 is 0 Å². The average molecular weight is 376 g/mol. The topological polar surface area (TPSA) is 72.0 Å². The SMILES string of the molecule is Cc1ccc(C(=O)C(=O)Nc2nnc(SCc3cccs3)s2)cc1. The molecule has 0 radical (unpaired) electrons. The number of ketones is 1. The predicted octanol–water partition coefficient (Wildman–Crippen LogP) is 4.02. The second kappa shape index (κ2) is 7.69. The molecule has 0 aliphatic heterocycles. The fourth-order valence-electron chi connectivity index (χ4n) is 1.84. The highest BCUT2D eigenvalue weighted by molar-refractivity contribution is 8.00. The second-order valence-corrected chi connectivity index (χ2v) is 8.12. The number of amides is 1. The van der Waals surface area contributed by atoms with Crippen LogP contribution >= 0.6 is 34.4 Å². The van der Waals surface area contributed by atoms with Crippen LogP contribution in [-0.2, 0) is 10.5 Å². The van der Waals surface area contributed by atoms with Crippen LogP contribution in [-0.4, -0.2) is 21.9 Å². The molecule has 0 fully saturated rings. The van der Waals surface area contributed by atoms with Gasteiger partial charge in [-0.3, -0.25) is 14.9 Å². The van der Waals surface area contributed by atoms with E-state index in [9.17, 15) is 9.59 Å². The van der Waals surface area contributed by atoms with E-state index in [2.05, 4.69) is 21.6 Å². The maximum Gasteiger partial charge on any atom is 0.298 e. The van der Waals surface area contributed by atoms with Crippen LogP contribution in [0.3, 0.4) is 0 Å². The van der Waals surface area contributed by atoms with Gasteiger partial charge in [0, 0.05) is 16.2 Å². The van der Waals surface area contributed by atoms with Gasteiger partial charge in [0.15, 0.2) is 4.34 Å². The van der Waals surface area contributed by atoms with Gasteiger partial charge in [-0.15, -0.1) is 21.5 Å². The van der Waals surface area contributed by atoms with E-state index in [1.807, 2.05) is 18.4 Å². The average Bonchev–Trinajstić information content (AvgIpc) is 3.24. The normalized spacial score (nSPS) is 10.5. The molecule has 8 heteroatoms. The van der Waals surface area contributed by atoms with Crippen molar-refractivity contribution in [1.29, 1.82) is 0 Å². The summed E-state index contributed by atoms with van der Waals surface area (Å²) in [5.74, 6) is -0.481. The zero-order valence-corrected chi connectivity index (χ0v) is 15.1. The molecule has 0 unspecified atom stereocenters. The van der Waals surface area contributed by atoms with Crippen LogP contribution in [0.1, 0.15) is 20.8 Å². The first kappa shape index (κ1) is 16.8. The molecule has 0 bridgehead atoms. The second-order valence-electron chi connectivity index (χ2n) is 4.89. The smallest absolute Gasteiger partial charge is 0.293 e. The Kier molecular flexibility index (Phi) is 5.39. The molecule has 5 nitrogen and oxygen atoms in total. The van der Waals surface area contributed by atoms with Crippen molar-refractivity contribution in [2.45, 2.75) is 17.0 Å². The van der Waals surface area contributed by atoms with Gasteiger partial charge >= 0.3 is 0 Å². The first-order valence-electron chi connectivity index (χ1n) is 7.03. The highest BCUT2D eigenvalue weighted by Gasteiger charge is 2.18. The summed E-state index contributed by atoms with van der Waals surface area (Å²) in [6, 6.07) is 10.9. The number of aromatic nitrogens is 2. The van der Waals surface area contributed by atoms with Crippen LogP contribution in [0.25, 0.3) is 0 Å². The van der Waals surface area contributed by atoms with Crippen molar-refractivity contribution in [3.05, 3.63) is 57.8 Å². The number of rotatable bonds is 6. The van der Waals surface area contributed by atoms with Crippen LogP contribution < -0.4 is 5.32 Å². The molecule has 3 aromatic rings. The molecule has 1 aromatic carbocycles. The van der Waals surface area contributed by atoms with Crippen molar-refractivity contribution in [3.8, 4) is 0 Å². The summed E-state index contributed by atoms with van der Waals surface area (Å²) < 4.78 is 0.751. The Morgan fingerprint density at radius 3 is 2.67 bits per heavy atom. The Morgan fingerprint density at radius 2 is 1.96 bits per heavy atom. The molecule has 1 N–H and O–H groups in total. The summed E-state index contributed by atoms with van der Waals surface area (Å²) in [6.07, 6.45) is 0. The molecule has 24 heavy (non-hydrogen) atoms. The number of thioether (sulfide) groups is 1. The number of benzene rings is 1. The van der Waals surface area contributed by atoms with E-state index in [-0.39, 0.29) is 0 Å². The van der Waals surface area contributed by atoms with Crippen molar-refractivity contribution >= 4 is 51.3 Å². The molecular weight excluding hydrogens is 362 g/mol. The Bertz CT molecular complexity index is 842. The number of carbonyl (C=O) groups is 2. The number of nitrogens with one attached hydrogen (secondary N) is 1. The molecule has 0 saturated heterocycles. The van der Waals surface area contributed by atoms with Gasteiger partial charge in [-0.2, -0.15) is 0 Å². The van der Waals surface area contributed by atoms with Gasteiger partial charge in [-0.25, -0.2) is 0 Å². The Balaban J connectivity index is 1.58. The Hall–Kier alpha value is -2.03. The zero-order valence-electron chi connectivity index (χ0n) is 12.7. The van der Waals surface area contributed by atoms with Crippen molar-refractivity contribution in [3.63, 3.8) is 0 Å². The Labute approximate surface area is 151 Å². The lowest BCUT2D eigenvalue weighted by molar-refractivity contribution is -0.112. The highest BCUT2D eigenvalue weighted by atomic mass is 32.2. The molecule has 0 saturated carbocycles. The van der Waals surface area contributed by atoms with E-state index in [4.69, 9.17) is 0 Å². The van der Waals surface area contributed by atoms with Crippen LogP contribution in [0.15, 0.2) is 46.1 Å². The maximum absolute atomic E-state index is 12.1. The molecular formula is C16H13N3O2S3. The third-order valence-corrected chi connectivity index (χ3v) is 6.14. The maximum atomic E-state index is 12.1. The first-order chi connectivity index (χ1) is 11.6. The van der Waals surface area contributed by atoms with Gasteiger partial charge in [0.05, 0.1) is 0 Å². The fraction of sp³-hybridized carbons (Fsp3) is 0.125. The minimum absolute atomic E-state index is 0.328. The summed E-state index contributed by atoms with van der Waals surface area (Å²) in [5.41, 5.74) is 1.39. The van der Waals surface area contributed by atoms with Gasteiger partial charge in [-0.05, 0) is 18.4 Å². The number of Topliss-reactive ketones (excluding diaryl/α,β-unsaturated/α-hetero) is 1. The monoisotopic (exact) mass is 375 g/mol. The van der Waals surface area contributed by atoms with Crippen LogP contribution in [0.5, 0.6) is 0 Å². The van der Waals surface area contributed by atoms with Crippen LogP contribution in [0.2, 0.25) is 0 Å². The number of hydrogen-bond donors (Lipinski definition) is 1. The Morgan fingerprint density at radius 1 is 1.17 bits per heavy atom. The number of thiophene rings is 1. The first-order valence-corrected chi connectivity index (χ1v) is 9.71. The summed E-state index contributed by atoms with van der Waals surface area (Å²) >= 11 is 4.49. The molecule has 1 amide bonds. The third kappa shape index (κ3) is 4.28. The number of aryl methyl sites for hydroxylation is 1. The van der Waals surface area contributed by atoms with E-state index in [0.717, 1.165) is 15.7 Å². The number of hydrogen-bond acceptors (Lipinski definition) is 7. The molecule has 3 rings (SSSR count). The zero-order chi connectivity index (χ0) is 16.9. The lowest BCUT2D eigenvalue weighted by atomic mass is 10.1. The van der Waals surface area contributed by atoms with Gasteiger partial charge in [0.2, 0.25) is 5.13 Å². The van der Waals surface area contributed by atoms with Crippen molar-refractivity contribution in [2.24, 2.45) is 0 Å². The quantitative estimate of drug-likeness (QED) is 0.305. The summed E-state index contributed by atoms with van der Waals surface area (Å²) in [5, 5.41) is 12.8. The number of anilines is 1. The summed E-state index contributed by atoms with van der Waals surface area (Å²) in [4.78, 5) is 25.4. The number of carbonyl (C=O) groups excluding carboxylic acids is 2. The van der Waals surface area contributed by atoms with Gasteiger partial charge in [0.1, 0.15) is 0 Å². The molecule has 0 spiro atoms. The van der Waals surface area contributed by atoms with E-state index >= 15 is 0 Å². The number of nitrogens with zero attached hydrogens (tertiary/aromatic N) is 2. The van der Waals surface area contributed by atoms with E-state index in [1.54, 1.807) is 47.4 Å². The van der Waals surface area contributed by atoms with Gasteiger partial charge in [0.25, 0.3) is 11.7 Å². The van der Waals surface area contributed by atoms with E-state index < -0.39 is 11.7 Å². The lowest BCUT2D eigenvalue weighted by Crippen LogP contribution is -2.22. The predicted molar refractivity (Wildman–Crippen MR) is 97.9 cm³/mol. The standard InChI is InChI=1S/C16H13N3O2S3/c1-10-4-6-11(7-5-10)13(20)14(21)17-15-18-19-16(24-15)23-9-12-3-2-8-22-12/h2-8H,9H2,1H3,(H,17,18,21). The highest BCUT2D eigenvalue weighted by Crippen LogP contribution is 2.29. The van der Waals surface area contributed by atoms with Crippen molar-refractivity contribution in [2.75, 3.05) is 5.32 Å². The summed E-state index contributed by atoms with van der Waals surface area (Å²) in [7, 11) is 0. The summed E-state index contributed by atoms with van der Waals surface area (Å²) in [6.45, 7) is 1.92.